The number of aryl methyl sites for hydroxylation is 1. The molecule has 2 rings (SSSR count). The molecule has 2 nitrogen and oxygen atoms in total. The van der Waals surface area contributed by atoms with E-state index in [0.29, 0.717) is 11.3 Å². The Balaban J connectivity index is 0.000000829. The van der Waals surface area contributed by atoms with E-state index >= 15 is 0 Å². The van der Waals surface area contributed by atoms with Crippen LogP contribution in [0, 0.1) is 6.92 Å². The standard InChI is InChI=1S/C14H12O2.2C2H6/c1-11-7-9-12(10-8-11)14(15)16-13-5-3-2-4-6-13;2*1-2/h2-10H,1H3;2*1-2H3. The first kappa shape index (κ1) is 17.9. The number of carbonyl (C=O) groups excluding carboxylic acids is 1. The minimum absolute atomic E-state index is 0.328. The monoisotopic (exact) mass is 272 g/mol. The van der Waals surface area contributed by atoms with E-state index in [9.17, 15) is 4.79 Å². The fraction of sp³-hybridized carbons (Fsp3) is 0.278. The fourth-order valence-corrected chi connectivity index (χ4v) is 1.34. The van der Waals surface area contributed by atoms with Crippen LogP contribution < -0.4 is 4.74 Å². The lowest BCUT2D eigenvalue weighted by atomic mass is 10.1. The van der Waals surface area contributed by atoms with Gasteiger partial charge in [0.15, 0.2) is 0 Å². The van der Waals surface area contributed by atoms with E-state index in [1.54, 1.807) is 24.3 Å². The quantitative estimate of drug-likeness (QED) is 0.550. The van der Waals surface area contributed by atoms with Gasteiger partial charge in [-0.3, -0.25) is 0 Å². The van der Waals surface area contributed by atoms with Gasteiger partial charge in [0.1, 0.15) is 5.75 Å². The van der Waals surface area contributed by atoms with Crippen LogP contribution in [0.3, 0.4) is 0 Å². The zero-order valence-electron chi connectivity index (χ0n) is 13.0. The molecule has 108 valence electrons. The molecule has 0 spiro atoms. The van der Waals surface area contributed by atoms with E-state index in [0.717, 1.165) is 5.56 Å². The van der Waals surface area contributed by atoms with Crippen molar-refractivity contribution in [3.63, 3.8) is 0 Å². The Morgan fingerprint density at radius 2 is 1.30 bits per heavy atom. The third kappa shape index (κ3) is 6.19. The third-order valence-electron chi connectivity index (χ3n) is 2.24. The van der Waals surface area contributed by atoms with Crippen LogP contribution >= 0.6 is 0 Å². The summed E-state index contributed by atoms with van der Waals surface area (Å²) in [6.07, 6.45) is 0. The van der Waals surface area contributed by atoms with Crippen LogP contribution in [0.4, 0.5) is 0 Å². The van der Waals surface area contributed by atoms with Crippen LogP contribution in [-0.4, -0.2) is 5.97 Å². The van der Waals surface area contributed by atoms with Crippen molar-refractivity contribution in [2.75, 3.05) is 0 Å². The van der Waals surface area contributed by atoms with Gasteiger partial charge in [-0.15, -0.1) is 0 Å². The van der Waals surface area contributed by atoms with Crippen molar-refractivity contribution in [3.05, 3.63) is 65.7 Å². The van der Waals surface area contributed by atoms with Gasteiger partial charge in [-0.2, -0.15) is 0 Å². The predicted octanol–water partition coefficient (Wildman–Crippen LogP) is 5.27. The molecule has 0 atom stereocenters. The molecule has 0 heterocycles. The molecule has 2 aromatic rings. The van der Waals surface area contributed by atoms with Gasteiger partial charge in [-0.1, -0.05) is 63.6 Å². The average molecular weight is 272 g/mol. The van der Waals surface area contributed by atoms with Gasteiger partial charge in [-0.05, 0) is 31.2 Å². The lowest BCUT2D eigenvalue weighted by Gasteiger charge is -2.03. The highest BCUT2D eigenvalue weighted by molar-refractivity contribution is 5.91. The molecule has 0 bridgehead atoms. The average Bonchev–Trinajstić information content (AvgIpc) is 2.53. The van der Waals surface area contributed by atoms with Crippen LogP contribution in [0.5, 0.6) is 5.75 Å². The molecule has 0 unspecified atom stereocenters. The van der Waals surface area contributed by atoms with E-state index in [2.05, 4.69) is 0 Å². The van der Waals surface area contributed by atoms with Gasteiger partial charge in [0.2, 0.25) is 0 Å². The Morgan fingerprint density at radius 3 is 1.80 bits per heavy atom. The van der Waals surface area contributed by atoms with E-state index in [1.165, 1.54) is 0 Å². The van der Waals surface area contributed by atoms with E-state index in [4.69, 9.17) is 4.74 Å². The number of carbonyl (C=O) groups is 1. The Morgan fingerprint density at radius 1 is 0.800 bits per heavy atom. The maximum absolute atomic E-state index is 11.7. The minimum atomic E-state index is -0.328. The molecular formula is C18H24O2. The molecular weight excluding hydrogens is 248 g/mol. The second kappa shape index (κ2) is 10.8. The van der Waals surface area contributed by atoms with E-state index in [-0.39, 0.29) is 5.97 Å². The smallest absolute Gasteiger partial charge is 0.343 e. The molecule has 0 aliphatic carbocycles. The lowest BCUT2D eigenvalue weighted by Crippen LogP contribution is -2.08. The Kier molecular flexibility index (Phi) is 9.67. The minimum Gasteiger partial charge on any atom is -0.423 e. The highest BCUT2D eigenvalue weighted by atomic mass is 16.5. The Hall–Kier alpha value is -2.09. The SMILES string of the molecule is CC.CC.Cc1ccc(C(=O)Oc2ccccc2)cc1. The van der Waals surface area contributed by atoms with Crippen LogP contribution in [0.1, 0.15) is 43.6 Å². The van der Waals surface area contributed by atoms with Gasteiger partial charge in [-0.25, -0.2) is 4.79 Å². The van der Waals surface area contributed by atoms with Gasteiger partial charge in [0, 0.05) is 0 Å². The van der Waals surface area contributed by atoms with E-state index < -0.39 is 0 Å². The zero-order valence-corrected chi connectivity index (χ0v) is 13.0. The van der Waals surface area contributed by atoms with Crippen molar-refractivity contribution < 1.29 is 9.53 Å². The summed E-state index contributed by atoms with van der Waals surface area (Å²) in [5.41, 5.74) is 1.69. The molecule has 2 aromatic carbocycles. The summed E-state index contributed by atoms with van der Waals surface area (Å²) in [7, 11) is 0. The molecule has 0 fully saturated rings. The maximum Gasteiger partial charge on any atom is 0.343 e. The number of esters is 1. The largest absolute Gasteiger partial charge is 0.423 e. The number of para-hydroxylation sites is 1. The number of ether oxygens (including phenoxy) is 1. The van der Waals surface area contributed by atoms with Gasteiger partial charge < -0.3 is 4.74 Å². The highest BCUT2D eigenvalue weighted by Gasteiger charge is 2.07. The third-order valence-corrected chi connectivity index (χ3v) is 2.24. The molecule has 0 aromatic heterocycles. The summed E-state index contributed by atoms with van der Waals surface area (Å²) in [4.78, 5) is 11.7. The molecule has 2 heteroatoms. The van der Waals surface area contributed by atoms with Crippen molar-refractivity contribution in [2.45, 2.75) is 34.6 Å². The number of hydrogen-bond donors (Lipinski definition) is 0. The fourth-order valence-electron chi connectivity index (χ4n) is 1.34. The molecule has 0 saturated heterocycles. The van der Waals surface area contributed by atoms with Crippen molar-refractivity contribution in [3.8, 4) is 5.75 Å². The number of hydrogen-bond acceptors (Lipinski definition) is 2. The lowest BCUT2D eigenvalue weighted by molar-refractivity contribution is 0.0735. The van der Waals surface area contributed by atoms with E-state index in [1.807, 2.05) is 65.0 Å². The Bertz CT molecular complexity index is 473. The van der Waals surface area contributed by atoms with Crippen molar-refractivity contribution in [2.24, 2.45) is 0 Å². The van der Waals surface area contributed by atoms with Crippen LogP contribution in [0.15, 0.2) is 54.6 Å². The number of benzene rings is 2. The first-order chi connectivity index (χ1) is 9.75. The van der Waals surface area contributed by atoms with Crippen LogP contribution in [0.25, 0.3) is 0 Å². The summed E-state index contributed by atoms with van der Waals surface area (Å²) in [6.45, 7) is 9.98. The van der Waals surface area contributed by atoms with Gasteiger partial charge >= 0.3 is 5.97 Å². The predicted molar refractivity (Wildman–Crippen MR) is 85.3 cm³/mol. The van der Waals surface area contributed by atoms with Crippen molar-refractivity contribution in [1.29, 1.82) is 0 Å². The van der Waals surface area contributed by atoms with Crippen molar-refractivity contribution in [1.82, 2.24) is 0 Å². The van der Waals surface area contributed by atoms with Crippen molar-refractivity contribution >= 4 is 5.97 Å². The Labute approximate surface area is 122 Å². The first-order valence-electron chi connectivity index (χ1n) is 7.09. The summed E-state index contributed by atoms with van der Waals surface area (Å²) in [5.74, 6) is 0.235. The molecule has 0 amide bonds. The second-order valence-electron chi connectivity index (χ2n) is 3.57. The van der Waals surface area contributed by atoms with Crippen LogP contribution in [0.2, 0.25) is 0 Å². The second-order valence-corrected chi connectivity index (χ2v) is 3.57. The topological polar surface area (TPSA) is 26.3 Å². The summed E-state index contributed by atoms with van der Waals surface area (Å²) < 4.78 is 5.20. The summed E-state index contributed by atoms with van der Waals surface area (Å²) >= 11 is 0. The molecule has 0 N–H and O–H groups in total. The van der Waals surface area contributed by atoms with Gasteiger partial charge in [0.25, 0.3) is 0 Å². The molecule has 0 aliphatic heterocycles. The van der Waals surface area contributed by atoms with Gasteiger partial charge in [0.05, 0.1) is 5.56 Å². The zero-order chi connectivity index (χ0) is 15.4. The molecule has 0 radical (unpaired) electrons. The maximum atomic E-state index is 11.7. The summed E-state index contributed by atoms with van der Waals surface area (Å²) in [6, 6.07) is 16.4. The highest BCUT2D eigenvalue weighted by Crippen LogP contribution is 2.12. The molecule has 0 aliphatic rings. The number of rotatable bonds is 2. The summed E-state index contributed by atoms with van der Waals surface area (Å²) in [5, 5.41) is 0. The first-order valence-corrected chi connectivity index (χ1v) is 7.09. The normalized spacial score (nSPS) is 8.45. The van der Waals surface area contributed by atoms with Crippen LogP contribution in [-0.2, 0) is 0 Å². The molecule has 0 saturated carbocycles. The molecule has 20 heavy (non-hydrogen) atoms.